The van der Waals surface area contributed by atoms with Crippen LogP contribution in [-0.2, 0) is 0 Å². The molecule has 0 aliphatic carbocycles. The molecule has 0 aromatic heterocycles. The van der Waals surface area contributed by atoms with Gasteiger partial charge >= 0.3 is 0 Å². The fourth-order valence-electron chi connectivity index (χ4n) is 1.05. The van der Waals surface area contributed by atoms with E-state index in [1.165, 1.54) is 13.2 Å². The maximum atomic E-state index is 13.5. The topological polar surface area (TPSA) is 52.3 Å². The number of rotatable bonds is 3. The minimum atomic E-state index is -0.683. The number of carbonyl (C=O) groups excluding carboxylic acids is 1. The molecule has 0 aliphatic rings. The molecule has 0 unspecified atom stereocenters. The lowest BCUT2D eigenvalue weighted by atomic mass is 10.1. The number of ether oxygens (including phenoxy) is 1. The molecule has 0 bridgehead atoms. The SMILES string of the molecule is COc1ccc(Br)c(C(=O)CN)c1F. The first-order valence-electron chi connectivity index (χ1n) is 3.87. The molecule has 1 aromatic rings. The average molecular weight is 262 g/mol. The summed E-state index contributed by atoms with van der Waals surface area (Å²) in [7, 11) is 1.34. The number of benzene rings is 1. The van der Waals surface area contributed by atoms with Crippen molar-refractivity contribution >= 4 is 21.7 Å². The van der Waals surface area contributed by atoms with Crippen molar-refractivity contribution in [2.24, 2.45) is 5.73 Å². The summed E-state index contributed by atoms with van der Waals surface area (Å²) in [5.41, 5.74) is 5.09. The van der Waals surface area contributed by atoms with E-state index in [2.05, 4.69) is 15.9 Å². The van der Waals surface area contributed by atoms with E-state index in [0.29, 0.717) is 4.47 Å². The van der Waals surface area contributed by atoms with Gasteiger partial charge in [0, 0.05) is 4.47 Å². The zero-order chi connectivity index (χ0) is 10.7. The van der Waals surface area contributed by atoms with Gasteiger partial charge in [0.15, 0.2) is 17.3 Å². The Morgan fingerprint density at radius 3 is 2.79 bits per heavy atom. The summed E-state index contributed by atoms with van der Waals surface area (Å²) in [4.78, 5) is 11.3. The van der Waals surface area contributed by atoms with Crippen LogP contribution >= 0.6 is 15.9 Å². The Labute approximate surface area is 89.2 Å². The number of ketones is 1. The summed E-state index contributed by atoms with van der Waals surface area (Å²) in [5, 5.41) is 0. The second kappa shape index (κ2) is 4.52. The van der Waals surface area contributed by atoms with Gasteiger partial charge in [0.1, 0.15) is 0 Å². The third-order valence-electron chi connectivity index (χ3n) is 1.74. The molecule has 0 atom stereocenters. The average Bonchev–Trinajstić information content (AvgIpc) is 2.18. The minimum absolute atomic E-state index is 0.0324. The van der Waals surface area contributed by atoms with E-state index in [1.807, 2.05) is 0 Å². The molecule has 5 heteroatoms. The maximum absolute atomic E-state index is 13.5. The number of halogens is 2. The molecule has 1 rings (SSSR count). The van der Waals surface area contributed by atoms with Crippen LogP contribution in [0.15, 0.2) is 16.6 Å². The summed E-state index contributed by atoms with van der Waals surface area (Å²) in [6, 6.07) is 2.98. The molecule has 0 heterocycles. The minimum Gasteiger partial charge on any atom is -0.494 e. The third-order valence-corrected chi connectivity index (χ3v) is 2.40. The molecule has 14 heavy (non-hydrogen) atoms. The highest BCUT2D eigenvalue weighted by Gasteiger charge is 2.17. The van der Waals surface area contributed by atoms with E-state index in [1.54, 1.807) is 6.07 Å². The van der Waals surface area contributed by atoms with E-state index in [4.69, 9.17) is 10.5 Å². The predicted octanol–water partition coefficient (Wildman–Crippen LogP) is 1.74. The molecule has 1 aromatic carbocycles. The molecular formula is C9H9BrFNO2. The molecule has 3 nitrogen and oxygen atoms in total. The summed E-state index contributed by atoms with van der Waals surface area (Å²) in [5.74, 6) is -1.12. The molecule has 0 saturated heterocycles. The Morgan fingerprint density at radius 1 is 1.64 bits per heavy atom. The van der Waals surface area contributed by atoms with Crippen molar-refractivity contribution in [1.82, 2.24) is 0 Å². The predicted molar refractivity (Wildman–Crippen MR) is 54.0 cm³/mol. The van der Waals surface area contributed by atoms with E-state index >= 15 is 0 Å². The van der Waals surface area contributed by atoms with Crippen molar-refractivity contribution in [1.29, 1.82) is 0 Å². The van der Waals surface area contributed by atoms with Gasteiger partial charge in [-0.05, 0) is 28.1 Å². The van der Waals surface area contributed by atoms with E-state index in [-0.39, 0.29) is 17.9 Å². The van der Waals surface area contributed by atoms with Crippen molar-refractivity contribution in [3.05, 3.63) is 28.0 Å². The van der Waals surface area contributed by atoms with Gasteiger partial charge in [-0.3, -0.25) is 4.79 Å². The van der Waals surface area contributed by atoms with Crippen LogP contribution in [-0.4, -0.2) is 19.4 Å². The summed E-state index contributed by atoms with van der Waals surface area (Å²) in [6.07, 6.45) is 0. The fourth-order valence-corrected chi connectivity index (χ4v) is 1.58. The highest BCUT2D eigenvalue weighted by Crippen LogP contribution is 2.27. The Kier molecular flexibility index (Phi) is 3.60. The highest BCUT2D eigenvalue weighted by molar-refractivity contribution is 9.10. The number of carbonyl (C=O) groups is 1. The number of Topliss-reactive ketones (excluding diaryl/α,β-unsaturated/α-hetero) is 1. The zero-order valence-corrected chi connectivity index (χ0v) is 9.10. The van der Waals surface area contributed by atoms with Crippen molar-refractivity contribution in [2.45, 2.75) is 0 Å². The van der Waals surface area contributed by atoms with Gasteiger partial charge in [0.05, 0.1) is 19.2 Å². The fraction of sp³-hybridized carbons (Fsp3) is 0.222. The standard InChI is InChI=1S/C9H9BrFNO2/c1-14-7-3-2-5(10)8(9(7)11)6(13)4-12/h2-3H,4,12H2,1H3. The quantitative estimate of drug-likeness (QED) is 0.844. The molecule has 0 amide bonds. The molecule has 2 N–H and O–H groups in total. The van der Waals surface area contributed by atoms with Crippen LogP contribution in [0, 0.1) is 5.82 Å². The van der Waals surface area contributed by atoms with Crippen LogP contribution in [0.3, 0.4) is 0 Å². The number of methoxy groups -OCH3 is 1. The number of hydrogen-bond donors (Lipinski definition) is 1. The van der Waals surface area contributed by atoms with Crippen molar-refractivity contribution in [3.8, 4) is 5.75 Å². The monoisotopic (exact) mass is 261 g/mol. The van der Waals surface area contributed by atoms with Crippen LogP contribution in [0.1, 0.15) is 10.4 Å². The van der Waals surface area contributed by atoms with E-state index in [9.17, 15) is 9.18 Å². The van der Waals surface area contributed by atoms with Crippen molar-refractivity contribution in [2.75, 3.05) is 13.7 Å². The second-order valence-corrected chi connectivity index (χ2v) is 3.42. The second-order valence-electron chi connectivity index (χ2n) is 2.57. The summed E-state index contributed by atoms with van der Waals surface area (Å²) >= 11 is 3.08. The van der Waals surface area contributed by atoms with Crippen molar-refractivity contribution in [3.63, 3.8) is 0 Å². The lowest BCUT2D eigenvalue weighted by Gasteiger charge is -2.07. The normalized spacial score (nSPS) is 10.0. The lowest BCUT2D eigenvalue weighted by Crippen LogP contribution is -2.16. The highest BCUT2D eigenvalue weighted by atomic mass is 79.9. The maximum Gasteiger partial charge on any atom is 0.180 e. The van der Waals surface area contributed by atoms with Gasteiger partial charge in [0.2, 0.25) is 0 Å². The van der Waals surface area contributed by atoms with Crippen LogP contribution < -0.4 is 10.5 Å². The lowest BCUT2D eigenvalue weighted by molar-refractivity contribution is 0.0996. The first-order chi connectivity index (χ1) is 6.61. The Balaban J connectivity index is 3.32. The van der Waals surface area contributed by atoms with Crippen LogP contribution in [0.2, 0.25) is 0 Å². The molecule has 0 aliphatic heterocycles. The van der Waals surface area contributed by atoms with Gasteiger partial charge in [-0.1, -0.05) is 0 Å². The van der Waals surface area contributed by atoms with E-state index < -0.39 is 11.6 Å². The first kappa shape index (κ1) is 11.1. The largest absolute Gasteiger partial charge is 0.494 e. The van der Waals surface area contributed by atoms with E-state index in [0.717, 1.165) is 0 Å². The molecule has 0 spiro atoms. The summed E-state index contributed by atoms with van der Waals surface area (Å²) in [6.45, 7) is -0.233. The third kappa shape index (κ3) is 1.93. The number of nitrogens with two attached hydrogens (primary N) is 1. The molecular weight excluding hydrogens is 253 g/mol. The first-order valence-corrected chi connectivity index (χ1v) is 4.66. The Morgan fingerprint density at radius 2 is 2.29 bits per heavy atom. The molecule has 0 saturated carbocycles. The van der Waals surface area contributed by atoms with Gasteiger partial charge in [-0.2, -0.15) is 0 Å². The Bertz CT molecular complexity index is 368. The van der Waals surface area contributed by atoms with Gasteiger partial charge in [0.25, 0.3) is 0 Å². The molecule has 0 fully saturated rings. The van der Waals surface area contributed by atoms with Crippen LogP contribution in [0.4, 0.5) is 4.39 Å². The number of hydrogen-bond acceptors (Lipinski definition) is 3. The van der Waals surface area contributed by atoms with Crippen LogP contribution in [0.5, 0.6) is 5.75 Å². The zero-order valence-electron chi connectivity index (χ0n) is 7.51. The Hall–Kier alpha value is -0.940. The van der Waals surface area contributed by atoms with Crippen molar-refractivity contribution < 1.29 is 13.9 Å². The van der Waals surface area contributed by atoms with Gasteiger partial charge < -0.3 is 10.5 Å². The smallest absolute Gasteiger partial charge is 0.180 e. The van der Waals surface area contributed by atoms with Crippen LogP contribution in [0.25, 0.3) is 0 Å². The molecule has 0 radical (unpaired) electrons. The van der Waals surface area contributed by atoms with Gasteiger partial charge in [-0.15, -0.1) is 0 Å². The van der Waals surface area contributed by atoms with Gasteiger partial charge in [-0.25, -0.2) is 4.39 Å². The molecule has 76 valence electrons. The summed E-state index contributed by atoms with van der Waals surface area (Å²) < 4.78 is 18.7.